The van der Waals surface area contributed by atoms with Crippen molar-refractivity contribution in [3.63, 3.8) is 0 Å². The first-order valence-electron chi connectivity index (χ1n) is 10.4. The number of benzene rings is 1. The van der Waals surface area contributed by atoms with Crippen LogP contribution in [0.4, 0.5) is 13.2 Å². The number of ether oxygens (including phenoxy) is 3. The zero-order valence-corrected chi connectivity index (χ0v) is 19.0. The third-order valence-corrected chi connectivity index (χ3v) is 6.62. The first kappa shape index (κ1) is 23.7. The lowest BCUT2D eigenvalue weighted by atomic mass is 9.89. The van der Waals surface area contributed by atoms with Gasteiger partial charge in [0, 0.05) is 18.2 Å². The summed E-state index contributed by atoms with van der Waals surface area (Å²) >= 11 is 0. The maximum atomic E-state index is 12.7. The van der Waals surface area contributed by atoms with Gasteiger partial charge in [0.15, 0.2) is 5.88 Å². The molecule has 33 heavy (non-hydrogen) atoms. The summed E-state index contributed by atoms with van der Waals surface area (Å²) in [6.45, 7) is 6.22. The van der Waals surface area contributed by atoms with E-state index >= 15 is 0 Å². The quantitative estimate of drug-likeness (QED) is 0.463. The molecule has 1 aromatic carbocycles. The van der Waals surface area contributed by atoms with Crippen molar-refractivity contribution < 1.29 is 40.0 Å². The average molecular weight is 487 g/mol. The molecule has 11 heteroatoms. The number of hydrogen-bond donors (Lipinski definition) is 0. The molecule has 0 aliphatic carbocycles. The van der Waals surface area contributed by atoms with Crippen LogP contribution in [0.5, 0.6) is 5.75 Å². The number of rotatable bonds is 5. The van der Waals surface area contributed by atoms with Crippen LogP contribution in [0.1, 0.15) is 25.0 Å². The van der Waals surface area contributed by atoms with Crippen LogP contribution < -0.4 is 4.18 Å². The van der Waals surface area contributed by atoms with Crippen molar-refractivity contribution in [1.82, 2.24) is 4.90 Å². The minimum atomic E-state index is -5.73. The van der Waals surface area contributed by atoms with Crippen LogP contribution in [0.3, 0.4) is 0 Å². The van der Waals surface area contributed by atoms with Gasteiger partial charge >= 0.3 is 15.6 Å². The maximum Gasteiger partial charge on any atom is 0.534 e. The predicted octanol–water partition coefficient (Wildman–Crippen LogP) is 3.74. The Labute approximate surface area is 190 Å². The number of hydrogen-bond acceptors (Lipinski definition) is 7. The molecule has 3 aliphatic rings. The largest absolute Gasteiger partial charge is 0.534 e. The van der Waals surface area contributed by atoms with E-state index in [1.165, 1.54) is 12.1 Å². The Kier molecular flexibility index (Phi) is 6.47. The summed E-state index contributed by atoms with van der Waals surface area (Å²) in [6, 6.07) is 4.15. The van der Waals surface area contributed by atoms with Gasteiger partial charge in [-0.3, -0.25) is 0 Å². The van der Waals surface area contributed by atoms with Crippen LogP contribution >= 0.6 is 0 Å². The third-order valence-electron chi connectivity index (χ3n) is 5.64. The summed E-state index contributed by atoms with van der Waals surface area (Å²) in [5, 5.41) is 0. The van der Waals surface area contributed by atoms with Gasteiger partial charge in [0.25, 0.3) is 0 Å². The molecule has 4 rings (SSSR count). The summed E-state index contributed by atoms with van der Waals surface area (Å²) in [7, 11) is -5.73. The topological polar surface area (TPSA) is 74.3 Å². The fourth-order valence-corrected chi connectivity index (χ4v) is 4.49. The lowest BCUT2D eigenvalue weighted by Crippen LogP contribution is -2.36. The minimum Gasteiger partial charge on any atom is -0.476 e. The van der Waals surface area contributed by atoms with Crippen LogP contribution in [0.15, 0.2) is 47.4 Å². The molecule has 180 valence electrons. The molecule has 0 bridgehead atoms. The maximum absolute atomic E-state index is 12.7. The minimum absolute atomic E-state index is 0.170. The van der Waals surface area contributed by atoms with Crippen LogP contribution in [-0.2, 0) is 30.7 Å². The van der Waals surface area contributed by atoms with Gasteiger partial charge in [0.05, 0.1) is 25.5 Å². The van der Waals surface area contributed by atoms with E-state index < -0.39 is 15.6 Å². The Bertz CT molecular complexity index is 1120. The Hall–Kier alpha value is -2.50. The molecule has 0 spiro atoms. The standard InChI is InChI=1S/C22H24F3NO6S/c1-3-15-11-20(31-13-18-12-29-8-9-30-18)26-7-6-16-10-17(32-33(27,28)22(23,24)25)4-5-19(16)21(26)14(15)2/h3-5,10-11,18H,6-9,12-13H2,1-2H3/t18-/m0/s1. The van der Waals surface area contributed by atoms with Crippen LogP contribution in [0.2, 0.25) is 0 Å². The van der Waals surface area contributed by atoms with Gasteiger partial charge < -0.3 is 23.3 Å². The van der Waals surface area contributed by atoms with Crippen molar-refractivity contribution >= 4 is 15.8 Å². The van der Waals surface area contributed by atoms with E-state index in [1.54, 1.807) is 6.07 Å². The second kappa shape index (κ2) is 9.03. The molecule has 1 fully saturated rings. The van der Waals surface area contributed by atoms with Crippen LogP contribution in [0, 0.1) is 0 Å². The highest BCUT2D eigenvalue weighted by Crippen LogP contribution is 2.41. The van der Waals surface area contributed by atoms with Gasteiger partial charge in [-0.15, -0.1) is 0 Å². The third kappa shape index (κ3) is 4.75. The highest BCUT2D eigenvalue weighted by Gasteiger charge is 2.48. The highest BCUT2D eigenvalue weighted by atomic mass is 32.2. The second-order valence-electron chi connectivity index (χ2n) is 7.78. The monoisotopic (exact) mass is 487 g/mol. The average Bonchev–Trinajstić information content (AvgIpc) is 2.78. The molecule has 1 saturated heterocycles. The molecular formula is C22H24F3NO6S. The van der Waals surface area contributed by atoms with Gasteiger partial charge in [-0.05, 0) is 55.2 Å². The first-order chi connectivity index (χ1) is 15.6. The van der Waals surface area contributed by atoms with Crippen molar-refractivity contribution in [2.75, 3.05) is 33.0 Å². The number of nitrogens with zero attached hydrogens (tertiary/aromatic N) is 1. The van der Waals surface area contributed by atoms with E-state index in [0.717, 1.165) is 22.4 Å². The normalized spacial score (nSPS) is 22.6. The molecule has 7 nitrogen and oxygen atoms in total. The SMILES string of the molecule is CC=C1C=C(OC[C@@H]2COCCO2)N2CCc3cc(OS(=O)(=O)C(F)(F)F)ccc3C2=C1C. The summed E-state index contributed by atoms with van der Waals surface area (Å²) in [5.41, 5.74) is -1.25. The van der Waals surface area contributed by atoms with Gasteiger partial charge in [0.1, 0.15) is 18.5 Å². The molecule has 3 aliphatic heterocycles. The molecule has 3 heterocycles. The molecule has 1 atom stereocenters. The summed E-state index contributed by atoms with van der Waals surface area (Å²) in [4.78, 5) is 2.02. The number of fused-ring (bicyclic) bond motifs is 3. The number of allylic oxidation sites excluding steroid dienone is 4. The van der Waals surface area contributed by atoms with Crippen molar-refractivity contribution in [3.8, 4) is 5.75 Å². The number of halogens is 3. The lowest BCUT2D eigenvalue weighted by molar-refractivity contribution is -0.111. The smallest absolute Gasteiger partial charge is 0.476 e. The Balaban J connectivity index is 1.61. The molecule has 0 aromatic heterocycles. The van der Waals surface area contributed by atoms with Crippen molar-refractivity contribution in [1.29, 1.82) is 0 Å². The Morgan fingerprint density at radius 1 is 1.27 bits per heavy atom. The molecule has 0 radical (unpaired) electrons. The van der Waals surface area contributed by atoms with E-state index in [9.17, 15) is 21.6 Å². The molecule has 0 saturated carbocycles. The van der Waals surface area contributed by atoms with E-state index in [1.807, 2.05) is 30.9 Å². The fraction of sp³-hybridized carbons (Fsp3) is 0.455. The lowest BCUT2D eigenvalue weighted by Gasteiger charge is -2.39. The zero-order chi connectivity index (χ0) is 23.8. The van der Waals surface area contributed by atoms with Crippen molar-refractivity contribution in [2.24, 2.45) is 0 Å². The molecule has 1 aromatic rings. The van der Waals surface area contributed by atoms with Crippen LogP contribution in [-0.4, -0.2) is 57.9 Å². The van der Waals surface area contributed by atoms with Crippen LogP contribution in [0.25, 0.3) is 5.70 Å². The predicted molar refractivity (Wildman–Crippen MR) is 113 cm³/mol. The molecule has 0 unspecified atom stereocenters. The van der Waals surface area contributed by atoms with Crippen molar-refractivity contribution in [2.45, 2.75) is 31.9 Å². The Morgan fingerprint density at radius 3 is 2.73 bits per heavy atom. The second-order valence-corrected chi connectivity index (χ2v) is 9.32. The van der Waals surface area contributed by atoms with Gasteiger partial charge in [-0.1, -0.05) is 6.08 Å². The molecule has 0 N–H and O–H groups in total. The molecular weight excluding hydrogens is 463 g/mol. The van der Waals surface area contributed by atoms with E-state index in [2.05, 4.69) is 4.18 Å². The van der Waals surface area contributed by atoms with Gasteiger partial charge in [0.2, 0.25) is 0 Å². The van der Waals surface area contributed by atoms with Gasteiger partial charge in [-0.2, -0.15) is 21.6 Å². The number of alkyl halides is 3. The highest BCUT2D eigenvalue weighted by molar-refractivity contribution is 7.88. The van der Waals surface area contributed by atoms with E-state index in [4.69, 9.17) is 14.2 Å². The summed E-state index contributed by atoms with van der Waals surface area (Å²) < 4.78 is 82.3. The first-order valence-corrected chi connectivity index (χ1v) is 11.8. The van der Waals surface area contributed by atoms with E-state index in [-0.39, 0.29) is 11.9 Å². The Morgan fingerprint density at radius 2 is 2.06 bits per heavy atom. The summed E-state index contributed by atoms with van der Waals surface area (Å²) in [5.74, 6) is 0.268. The zero-order valence-electron chi connectivity index (χ0n) is 18.1. The summed E-state index contributed by atoms with van der Waals surface area (Å²) in [6.07, 6.45) is 4.19. The van der Waals surface area contributed by atoms with Crippen molar-refractivity contribution in [3.05, 3.63) is 58.5 Å². The van der Waals surface area contributed by atoms with E-state index in [0.29, 0.717) is 50.8 Å². The molecule has 0 amide bonds. The fourth-order valence-electron chi connectivity index (χ4n) is 4.03. The van der Waals surface area contributed by atoms with Gasteiger partial charge in [-0.25, -0.2) is 0 Å².